The van der Waals surface area contributed by atoms with Crippen LogP contribution >= 0.6 is 0 Å². The number of carbonyl (C=O) groups is 1. The predicted molar refractivity (Wildman–Crippen MR) is 273 cm³/mol. The summed E-state index contributed by atoms with van der Waals surface area (Å²) in [7, 11) is -11.4. The number of hydrogen-bond acceptors (Lipinski definition) is 12. The fraction of sp³-hybridized carbons (Fsp3) is 0.340. The molecular weight excluding hydrogens is 921 g/mol. The summed E-state index contributed by atoms with van der Waals surface area (Å²) in [6, 6.07) is 35.6. The number of aliphatic imine (C=N–C) groups is 2. The molecule has 12 rings (SSSR count). The van der Waals surface area contributed by atoms with Crippen molar-refractivity contribution in [3.05, 3.63) is 130 Å². The second-order valence-corrected chi connectivity index (χ2v) is 34.3. The van der Waals surface area contributed by atoms with E-state index in [9.17, 15) is 8.91 Å². The number of ether oxygens (including phenoxy) is 3. The SMILES string of the molecule is COC(=O)CCOCCOCCNCCC[Si](C)(C)O[Si-2]123(O[Si](C)(C)CCCN)n4c5c6ccccc6c4N=C4c6ccccc6C(=[N+]41)N=c1c4ccccc4c(n12)=NC1=[N+]3C(=N5)c2ccccc21. The minimum atomic E-state index is -6.70. The molecule has 8 heterocycles. The van der Waals surface area contributed by atoms with Crippen molar-refractivity contribution in [1.82, 2.24) is 13.8 Å². The number of methoxy groups -OCH3 is 1. The van der Waals surface area contributed by atoms with Gasteiger partial charge in [-0.3, -0.25) is 4.79 Å². The molecule has 0 unspecified atom stereocenters. The van der Waals surface area contributed by atoms with Crippen molar-refractivity contribution in [1.29, 1.82) is 0 Å². The van der Waals surface area contributed by atoms with Crippen molar-refractivity contribution in [2.24, 2.45) is 25.7 Å². The predicted octanol–water partition coefficient (Wildman–Crippen LogP) is 5.69. The average Bonchev–Trinajstić information content (AvgIpc) is 4.07. The standard InChI is InChI=1S/C50H58N10O6Si3/c1-62-42(61)24-28-63-30-31-64-29-27-52-26-15-33-68(4,5)66-69(65-67(2,3)32-14-25-51)57-43-34-16-6-7-17-35(34)44(57)54-46-38-20-10-11-21-39(38)48(59(46)69)56-50-41-23-13-12-22-40(41)49(60(50)69)55-47-37-19-9-8-18-36(37)45(53-43)58(47)69/h6-13,16-23,52H,14-15,24-33,51H2,1-5H3. The Morgan fingerprint density at radius 3 is 1.61 bits per heavy atom. The van der Waals surface area contributed by atoms with Gasteiger partial charge in [0.1, 0.15) is 0 Å². The Hall–Kier alpha value is -5.88. The fourth-order valence-corrected chi connectivity index (χ4v) is 34.6. The molecule has 3 N–H and O–H groups in total. The minimum absolute atomic E-state index is 0.228. The molecule has 0 saturated heterocycles. The molecule has 1 spiro atoms. The molecule has 6 aromatic rings. The number of nitrogens with one attached hydrogen (secondary N) is 1. The van der Waals surface area contributed by atoms with E-state index in [1.54, 1.807) is 0 Å². The Balaban J connectivity index is 1.11. The van der Waals surface area contributed by atoms with Gasteiger partial charge in [-0.15, -0.1) is 0 Å². The third-order valence-electron chi connectivity index (χ3n) is 14.7. The van der Waals surface area contributed by atoms with Crippen LogP contribution in [0, 0.1) is 0 Å². The second-order valence-electron chi connectivity index (χ2n) is 20.0. The Morgan fingerprint density at radius 1 is 0.609 bits per heavy atom. The van der Waals surface area contributed by atoms with Crippen LogP contribution < -0.4 is 22.0 Å². The maximum absolute atomic E-state index is 11.4. The first-order valence-electron chi connectivity index (χ1n) is 24.2. The first-order chi connectivity index (χ1) is 33.4. The van der Waals surface area contributed by atoms with Crippen LogP contribution in [-0.2, 0) is 27.2 Å². The summed E-state index contributed by atoms with van der Waals surface area (Å²) in [6.07, 6.45) is 1.85. The van der Waals surface area contributed by atoms with Crippen LogP contribution in [0.15, 0.2) is 117 Å². The van der Waals surface area contributed by atoms with E-state index in [1.807, 2.05) is 0 Å². The number of esters is 1. The molecule has 0 aliphatic carbocycles. The fourth-order valence-electron chi connectivity index (χ4n) is 12.3. The third kappa shape index (κ3) is 5.78. The van der Waals surface area contributed by atoms with Gasteiger partial charge in [-0.2, -0.15) is 0 Å². The summed E-state index contributed by atoms with van der Waals surface area (Å²) in [5.74, 6) is 4.18. The summed E-state index contributed by atoms with van der Waals surface area (Å²) in [6.45, 7) is 13.1. The number of aromatic nitrogens is 2. The van der Waals surface area contributed by atoms with Crippen molar-refractivity contribution in [3.8, 4) is 0 Å². The van der Waals surface area contributed by atoms with E-state index in [-0.39, 0.29) is 12.4 Å². The molecule has 0 atom stereocenters. The first kappa shape index (κ1) is 44.3. The third-order valence-corrected chi connectivity index (χ3v) is 31.4. The molecule has 0 bridgehead atoms. The Kier molecular flexibility index (Phi) is 10.00. The van der Waals surface area contributed by atoms with E-state index in [0.717, 1.165) is 121 Å². The van der Waals surface area contributed by atoms with Gasteiger partial charge in [-0.1, -0.05) is 0 Å². The molecule has 0 saturated carbocycles. The van der Waals surface area contributed by atoms with E-state index in [0.29, 0.717) is 39.5 Å². The maximum atomic E-state index is 11.4. The van der Waals surface area contributed by atoms with Gasteiger partial charge < -0.3 is 4.74 Å². The van der Waals surface area contributed by atoms with Gasteiger partial charge in [0, 0.05) is 0 Å². The molecule has 6 aliphatic rings. The van der Waals surface area contributed by atoms with E-state index < -0.39 is 24.4 Å². The van der Waals surface area contributed by atoms with Gasteiger partial charge in [0.05, 0.1) is 20.1 Å². The molecule has 0 radical (unpaired) electrons. The van der Waals surface area contributed by atoms with Gasteiger partial charge in [0.25, 0.3) is 0 Å². The van der Waals surface area contributed by atoms with E-state index in [2.05, 4.69) is 146 Å². The molecule has 4 aromatic carbocycles. The van der Waals surface area contributed by atoms with E-state index in [1.165, 1.54) is 7.11 Å². The number of amidine groups is 4. The molecule has 0 amide bonds. The normalized spacial score (nSPS) is 18.8. The van der Waals surface area contributed by atoms with Crippen LogP contribution in [0.5, 0.6) is 0 Å². The monoisotopic (exact) mass is 978 g/mol. The topological polar surface area (TPSA) is 167 Å². The van der Waals surface area contributed by atoms with E-state index in [4.69, 9.17) is 44.0 Å². The van der Waals surface area contributed by atoms with Gasteiger partial charge in [0.2, 0.25) is 0 Å². The van der Waals surface area contributed by atoms with Gasteiger partial charge in [-0.05, 0) is 0 Å². The molecule has 0 fully saturated rings. The second kappa shape index (κ2) is 15.6. The zero-order chi connectivity index (χ0) is 47.4. The molecule has 2 aromatic heterocycles. The van der Waals surface area contributed by atoms with E-state index >= 15 is 0 Å². The van der Waals surface area contributed by atoms with Crippen LogP contribution in [0.4, 0.5) is 11.6 Å². The van der Waals surface area contributed by atoms with Gasteiger partial charge in [0.15, 0.2) is 0 Å². The average molecular weight is 979 g/mol. The number of nitrogens with zero attached hydrogens (tertiary/aromatic N) is 8. The van der Waals surface area contributed by atoms with Crippen molar-refractivity contribution >= 4 is 86.9 Å². The Labute approximate surface area is 401 Å². The van der Waals surface area contributed by atoms with Crippen LogP contribution in [0.2, 0.25) is 38.3 Å². The first-order valence-corrected chi connectivity index (χ1v) is 33.1. The summed E-state index contributed by atoms with van der Waals surface area (Å²) in [5, 5.41) is 7.49. The zero-order valence-electron chi connectivity index (χ0n) is 39.8. The van der Waals surface area contributed by atoms with Crippen molar-refractivity contribution < 1.29 is 35.7 Å². The summed E-state index contributed by atoms with van der Waals surface area (Å²) in [5.41, 5.74) is 11.8. The van der Waals surface area contributed by atoms with Gasteiger partial charge >= 0.3 is 373 Å². The molecule has 69 heavy (non-hydrogen) atoms. The van der Waals surface area contributed by atoms with Crippen LogP contribution in [0.1, 0.15) is 41.5 Å². The molecule has 16 nitrogen and oxygen atoms in total. The number of benzene rings is 4. The number of nitrogens with two attached hydrogens (primary N) is 1. The van der Waals surface area contributed by atoms with Crippen LogP contribution in [0.25, 0.3) is 21.5 Å². The van der Waals surface area contributed by atoms with Crippen molar-refractivity contribution in [2.75, 3.05) is 53.2 Å². The van der Waals surface area contributed by atoms with Crippen molar-refractivity contribution in [2.45, 2.75) is 57.5 Å². The summed E-state index contributed by atoms with van der Waals surface area (Å²) in [4.78, 5) is 34.7. The number of fused-ring (bicyclic) bond motifs is 12. The molecule has 356 valence electrons. The number of rotatable bonds is 20. The Morgan fingerprint density at radius 2 is 1.09 bits per heavy atom. The van der Waals surface area contributed by atoms with Gasteiger partial charge in [-0.25, -0.2) is 0 Å². The summed E-state index contributed by atoms with van der Waals surface area (Å²) >= 11 is 0. The van der Waals surface area contributed by atoms with Crippen LogP contribution in [0.3, 0.4) is 0 Å². The molecule has 6 aliphatic heterocycles. The van der Waals surface area contributed by atoms with Crippen LogP contribution in [-0.4, -0.2) is 124 Å². The zero-order valence-corrected chi connectivity index (χ0v) is 42.8. The van der Waals surface area contributed by atoms with Crippen molar-refractivity contribution in [3.63, 3.8) is 0 Å². The Bertz CT molecular complexity index is 3330. The number of hydrogen-bond donors (Lipinski definition) is 2. The quantitative estimate of drug-likeness (QED) is 0.0560. The summed E-state index contributed by atoms with van der Waals surface area (Å²) < 4.78 is 43.9. The number of carbonyl (C=O) groups excluding carboxylic acids is 1. The molecular formula is C50H58N10O6Si3. The molecule has 19 heteroatoms.